The summed E-state index contributed by atoms with van der Waals surface area (Å²) in [6.07, 6.45) is 0.458. The number of carbonyl (C=O) groups is 2. The Bertz CT molecular complexity index is 796. The molecule has 2 N–H and O–H groups in total. The quantitative estimate of drug-likeness (QED) is 0.394. The molecule has 1 aromatic heterocycles. The minimum Gasteiger partial charge on any atom is -0.379 e. The second-order valence-corrected chi connectivity index (χ2v) is 10.1. The summed E-state index contributed by atoms with van der Waals surface area (Å²) < 4.78 is 37.9. The smallest absolute Gasteiger partial charge is 0.309 e. The highest BCUT2D eigenvalue weighted by Crippen LogP contribution is 2.25. The Labute approximate surface area is 180 Å². The van der Waals surface area contributed by atoms with Crippen molar-refractivity contribution in [2.45, 2.75) is 23.3 Å². The summed E-state index contributed by atoms with van der Waals surface area (Å²) in [4.78, 5) is 26.3. The van der Waals surface area contributed by atoms with Gasteiger partial charge in [-0.1, -0.05) is 6.07 Å². The van der Waals surface area contributed by atoms with Crippen LogP contribution < -0.4 is 10.6 Å². The first kappa shape index (κ1) is 23.1. The topological polar surface area (TPSA) is 117 Å². The van der Waals surface area contributed by atoms with E-state index >= 15 is 0 Å². The van der Waals surface area contributed by atoms with Crippen LogP contribution in [0.4, 0.5) is 0 Å². The van der Waals surface area contributed by atoms with Crippen LogP contribution in [0.2, 0.25) is 0 Å². The van der Waals surface area contributed by atoms with Crippen molar-refractivity contribution in [1.29, 1.82) is 0 Å². The molecule has 0 radical (unpaired) electrons. The summed E-state index contributed by atoms with van der Waals surface area (Å²) in [5.41, 5.74) is 0. The molecular weight excluding hydrogens is 432 g/mol. The number of carbonyl (C=O) groups excluding carboxylic acids is 2. The number of morpholine rings is 1. The summed E-state index contributed by atoms with van der Waals surface area (Å²) in [6.45, 7) is 5.01. The van der Waals surface area contributed by atoms with Crippen LogP contribution in [0.1, 0.15) is 12.8 Å². The van der Waals surface area contributed by atoms with E-state index in [1.54, 1.807) is 11.4 Å². The van der Waals surface area contributed by atoms with Gasteiger partial charge in [-0.25, -0.2) is 8.42 Å². The summed E-state index contributed by atoms with van der Waals surface area (Å²) >= 11 is 1.13. The number of thiophene rings is 1. The molecule has 10 nitrogen and oxygen atoms in total. The SMILES string of the molecule is O=C(NCCCN1CCOCC1)C(=O)NC[C@@H]1OCCCN1S(=O)(=O)c1cccs1. The molecule has 0 aromatic carbocycles. The molecule has 2 fully saturated rings. The van der Waals surface area contributed by atoms with Gasteiger partial charge in [0, 0.05) is 26.2 Å². The van der Waals surface area contributed by atoms with Crippen molar-refractivity contribution in [2.75, 3.05) is 59.1 Å². The average Bonchev–Trinajstić information content (AvgIpc) is 3.32. The Morgan fingerprint density at radius 1 is 1.13 bits per heavy atom. The Morgan fingerprint density at radius 3 is 2.63 bits per heavy atom. The van der Waals surface area contributed by atoms with Crippen LogP contribution in [0.15, 0.2) is 21.7 Å². The minimum absolute atomic E-state index is 0.0926. The van der Waals surface area contributed by atoms with Gasteiger partial charge in [0.05, 0.1) is 26.4 Å². The highest BCUT2D eigenvalue weighted by atomic mass is 32.2. The fourth-order valence-electron chi connectivity index (χ4n) is 3.30. The lowest BCUT2D eigenvalue weighted by Gasteiger charge is -2.34. The molecule has 2 aliphatic heterocycles. The van der Waals surface area contributed by atoms with Gasteiger partial charge < -0.3 is 20.1 Å². The van der Waals surface area contributed by atoms with Crippen molar-refractivity contribution in [3.63, 3.8) is 0 Å². The third-order valence-electron chi connectivity index (χ3n) is 4.90. The molecule has 0 unspecified atom stereocenters. The molecule has 1 atom stereocenters. The number of hydrogen-bond acceptors (Lipinski definition) is 8. The largest absolute Gasteiger partial charge is 0.379 e. The molecule has 2 amide bonds. The van der Waals surface area contributed by atoms with Crippen molar-refractivity contribution in [3.8, 4) is 0 Å². The number of rotatable bonds is 8. The van der Waals surface area contributed by atoms with Crippen LogP contribution in [-0.2, 0) is 29.1 Å². The molecule has 0 saturated carbocycles. The van der Waals surface area contributed by atoms with Crippen LogP contribution in [0, 0.1) is 0 Å². The number of nitrogens with zero attached hydrogens (tertiary/aromatic N) is 2. The van der Waals surface area contributed by atoms with E-state index in [1.165, 1.54) is 10.4 Å². The van der Waals surface area contributed by atoms with Gasteiger partial charge in [0.1, 0.15) is 10.4 Å². The first-order chi connectivity index (χ1) is 14.5. The van der Waals surface area contributed by atoms with E-state index in [9.17, 15) is 18.0 Å². The highest BCUT2D eigenvalue weighted by Gasteiger charge is 2.35. The number of hydrogen-bond donors (Lipinski definition) is 2. The zero-order chi connectivity index (χ0) is 21.4. The lowest BCUT2D eigenvalue weighted by molar-refractivity contribution is -0.140. The number of nitrogens with one attached hydrogen (secondary N) is 2. The Kier molecular flexibility index (Phi) is 8.60. The maximum absolute atomic E-state index is 12.8. The van der Waals surface area contributed by atoms with E-state index in [0.29, 0.717) is 26.1 Å². The van der Waals surface area contributed by atoms with E-state index in [1.807, 2.05) is 0 Å². The summed E-state index contributed by atoms with van der Waals surface area (Å²) in [5, 5.41) is 6.77. The lowest BCUT2D eigenvalue weighted by Crippen LogP contribution is -2.53. The molecule has 0 spiro atoms. The molecule has 168 valence electrons. The van der Waals surface area contributed by atoms with Crippen molar-refractivity contribution in [2.24, 2.45) is 0 Å². The van der Waals surface area contributed by atoms with Crippen molar-refractivity contribution in [3.05, 3.63) is 17.5 Å². The third kappa shape index (κ3) is 6.22. The summed E-state index contributed by atoms with van der Waals surface area (Å²) in [5.74, 6) is -1.54. The number of amides is 2. The Balaban J connectivity index is 1.42. The van der Waals surface area contributed by atoms with E-state index in [0.717, 1.165) is 50.6 Å². The number of sulfonamides is 1. The van der Waals surface area contributed by atoms with Crippen molar-refractivity contribution < 1.29 is 27.5 Å². The molecule has 2 saturated heterocycles. The fourth-order valence-corrected chi connectivity index (χ4v) is 5.98. The van der Waals surface area contributed by atoms with Gasteiger partial charge in [0.15, 0.2) is 0 Å². The van der Waals surface area contributed by atoms with E-state index in [-0.39, 0.29) is 10.8 Å². The fraction of sp³-hybridized carbons (Fsp3) is 0.667. The third-order valence-corrected chi connectivity index (χ3v) is 8.16. The van der Waals surface area contributed by atoms with E-state index in [4.69, 9.17) is 9.47 Å². The van der Waals surface area contributed by atoms with E-state index < -0.39 is 28.1 Å². The lowest BCUT2D eigenvalue weighted by atomic mass is 10.3. The first-order valence-corrected chi connectivity index (χ1v) is 12.3. The predicted molar refractivity (Wildman–Crippen MR) is 110 cm³/mol. The van der Waals surface area contributed by atoms with Gasteiger partial charge in [-0.15, -0.1) is 11.3 Å². The van der Waals surface area contributed by atoms with Gasteiger partial charge >= 0.3 is 11.8 Å². The Morgan fingerprint density at radius 2 is 1.90 bits per heavy atom. The second-order valence-electron chi connectivity index (χ2n) is 7.00. The first-order valence-electron chi connectivity index (χ1n) is 10.0. The maximum atomic E-state index is 12.8. The maximum Gasteiger partial charge on any atom is 0.309 e. The average molecular weight is 461 g/mol. The summed E-state index contributed by atoms with van der Waals surface area (Å²) in [7, 11) is -3.70. The molecule has 1 aromatic rings. The molecule has 0 aliphatic carbocycles. The minimum atomic E-state index is -3.70. The van der Waals surface area contributed by atoms with Gasteiger partial charge in [0.25, 0.3) is 10.0 Å². The van der Waals surface area contributed by atoms with Crippen LogP contribution in [-0.4, -0.2) is 94.8 Å². The summed E-state index contributed by atoms with van der Waals surface area (Å²) in [6, 6.07) is 3.21. The predicted octanol–water partition coefficient (Wildman–Crippen LogP) is -0.560. The Hall–Kier alpha value is -1.57. The molecule has 30 heavy (non-hydrogen) atoms. The molecule has 3 rings (SSSR count). The van der Waals surface area contributed by atoms with Crippen molar-refractivity contribution >= 4 is 33.2 Å². The normalized spacial score (nSPS) is 21.3. The van der Waals surface area contributed by atoms with Gasteiger partial charge in [0.2, 0.25) is 0 Å². The second kappa shape index (κ2) is 11.2. The highest BCUT2D eigenvalue weighted by molar-refractivity contribution is 7.91. The monoisotopic (exact) mass is 460 g/mol. The number of ether oxygens (including phenoxy) is 2. The molecule has 12 heteroatoms. The van der Waals surface area contributed by atoms with Crippen LogP contribution in [0.25, 0.3) is 0 Å². The molecular formula is C18H28N4O6S2. The van der Waals surface area contributed by atoms with Crippen LogP contribution >= 0.6 is 11.3 Å². The zero-order valence-electron chi connectivity index (χ0n) is 16.7. The van der Waals surface area contributed by atoms with Gasteiger partial charge in [-0.05, 0) is 30.8 Å². The van der Waals surface area contributed by atoms with Crippen LogP contribution in [0.5, 0.6) is 0 Å². The van der Waals surface area contributed by atoms with Gasteiger partial charge in [-0.2, -0.15) is 4.31 Å². The molecule has 3 heterocycles. The standard InChI is InChI=1S/C18H28N4O6S2/c23-17(19-5-2-6-21-8-11-27-12-9-21)18(24)20-14-15-22(7-3-10-28-15)30(25,26)16-4-1-13-29-16/h1,4,13,15H,2-3,5-12,14H2,(H,19,23)(H,20,24)/t15-/m0/s1. The van der Waals surface area contributed by atoms with Crippen LogP contribution in [0.3, 0.4) is 0 Å². The zero-order valence-corrected chi connectivity index (χ0v) is 18.4. The molecule has 2 aliphatic rings. The van der Waals surface area contributed by atoms with E-state index in [2.05, 4.69) is 15.5 Å². The van der Waals surface area contributed by atoms with Gasteiger partial charge in [-0.3, -0.25) is 14.5 Å². The molecule has 0 bridgehead atoms. The van der Waals surface area contributed by atoms with Crippen molar-refractivity contribution in [1.82, 2.24) is 19.8 Å².